The molecule has 2 heterocycles. The van der Waals surface area contributed by atoms with Crippen molar-refractivity contribution in [2.24, 2.45) is 0 Å². The molecule has 0 bridgehead atoms. The highest BCUT2D eigenvalue weighted by Crippen LogP contribution is 2.37. The van der Waals surface area contributed by atoms with E-state index in [4.69, 9.17) is 16.3 Å². The van der Waals surface area contributed by atoms with Gasteiger partial charge in [-0.2, -0.15) is 0 Å². The molecule has 4 nitrogen and oxygen atoms in total. The van der Waals surface area contributed by atoms with Crippen LogP contribution in [0.3, 0.4) is 0 Å². The predicted molar refractivity (Wildman–Crippen MR) is 66.7 cm³/mol. The standard InChI is InChI=1S/C12H13ClN2O2/c13-9-2-1-3-10-12(9)14-11(16)6-8-7-17-5-4-15(8)10/h1-3,8H,4-7H2,(H,14,16). The summed E-state index contributed by atoms with van der Waals surface area (Å²) in [5, 5.41) is 3.47. The zero-order valence-corrected chi connectivity index (χ0v) is 10.0. The Bertz CT molecular complexity index is 464. The first-order valence-electron chi connectivity index (χ1n) is 5.68. The summed E-state index contributed by atoms with van der Waals surface area (Å²) in [5.41, 5.74) is 1.72. The van der Waals surface area contributed by atoms with Gasteiger partial charge in [0.15, 0.2) is 0 Å². The van der Waals surface area contributed by atoms with Crippen molar-refractivity contribution in [2.45, 2.75) is 12.5 Å². The zero-order chi connectivity index (χ0) is 11.8. The molecule has 17 heavy (non-hydrogen) atoms. The molecule has 1 atom stereocenters. The molecule has 1 amide bonds. The van der Waals surface area contributed by atoms with Crippen LogP contribution < -0.4 is 10.2 Å². The molecule has 3 rings (SSSR count). The van der Waals surface area contributed by atoms with E-state index in [0.717, 1.165) is 17.9 Å². The highest BCUT2D eigenvalue weighted by Gasteiger charge is 2.31. The number of fused-ring (bicyclic) bond motifs is 3. The van der Waals surface area contributed by atoms with Crippen LogP contribution in [0.5, 0.6) is 0 Å². The Balaban J connectivity index is 2.09. The minimum Gasteiger partial charge on any atom is -0.377 e. The van der Waals surface area contributed by atoms with Crippen LogP contribution in [0.4, 0.5) is 11.4 Å². The van der Waals surface area contributed by atoms with E-state index in [2.05, 4.69) is 10.2 Å². The molecule has 0 spiro atoms. The van der Waals surface area contributed by atoms with Crippen LogP contribution in [0.25, 0.3) is 0 Å². The maximum Gasteiger partial charge on any atom is 0.226 e. The minimum absolute atomic E-state index is 0.00245. The van der Waals surface area contributed by atoms with Crippen molar-refractivity contribution < 1.29 is 9.53 Å². The van der Waals surface area contributed by atoms with E-state index < -0.39 is 0 Å². The van der Waals surface area contributed by atoms with E-state index >= 15 is 0 Å². The van der Waals surface area contributed by atoms with Gasteiger partial charge in [-0.1, -0.05) is 17.7 Å². The molecule has 1 saturated heterocycles. The quantitative estimate of drug-likeness (QED) is 0.767. The number of para-hydroxylation sites is 1. The van der Waals surface area contributed by atoms with Gasteiger partial charge >= 0.3 is 0 Å². The van der Waals surface area contributed by atoms with Gasteiger partial charge < -0.3 is 15.0 Å². The number of morpholine rings is 1. The number of halogens is 1. The number of hydrogen-bond acceptors (Lipinski definition) is 3. The number of nitrogens with zero attached hydrogens (tertiary/aromatic N) is 1. The number of rotatable bonds is 0. The summed E-state index contributed by atoms with van der Waals surface area (Å²) in [6, 6.07) is 5.81. The summed E-state index contributed by atoms with van der Waals surface area (Å²) < 4.78 is 5.43. The molecule has 1 unspecified atom stereocenters. The maximum atomic E-state index is 11.8. The van der Waals surface area contributed by atoms with E-state index in [1.807, 2.05) is 12.1 Å². The van der Waals surface area contributed by atoms with Crippen molar-refractivity contribution in [3.63, 3.8) is 0 Å². The van der Waals surface area contributed by atoms with Crippen molar-refractivity contribution in [3.8, 4) is 0 Å². The first kappa shape index (κ1) is 10.9. The van der Waals surface area contributed by atoms with Gasteiger partial charge in [-0.25, -0.2) is 0 Å². The number of hydrogen-bond donors (Lipinski definition) is 1. The van der Waals surface area contributed by atoms with Crippen molar-refractivity contribution >= 4 is 28.9 Å². The third-order valence-corrected chi connectivity index (χ3v) is 3.53. The Labute approximate surface area is 104 Å². The molecular weight excluding hydrogens is 240 g/mol. The second kappa shape index (κ2) is 4.20. The largest absolute Gasteiger partial charge is 0.377 e. The first-order valence-corrected chi connectivity index (χ1v) is 6.06. The van der Waals surface area contributed by atoms with E-state index in [0.29, 0.717) is 24.7 Å². The molecule has 1 N–H and O–H groups in total. The summed E-state index contributed by atoms with van der Waals surface area (Å²) in [6.45, 7) is 2.09. The van der Waals surface area contributed by atoms with Gasteiger partial charge in [0.2, 0.25) is 5.91 Å². The van der Waals surface area contributed by atoms with Crippen LogP contribution in [0.2, 0.25) is 5.02 Å². The predicted octanol–water partition coefficient (Wildman–Crippen LogP) is 1.89. The van der Waals surface area contributed by atoms with Crippen molar-refractivity contribution in [2.75, 3.05) is 30.0 Å². The van der Waals surface area contributed by atoms with Crippen LogP contribution in [0.15, 0.2) is 18.2 Å². The second-order valence-corrected chi connectivity index (χ2v) is 4.72. The van der Waals surface area contributed by atoms with E-state index in [1.54, 1.807) is 6.07 Å². The van der Waals surface area contributed by atoms with Gasteiger partial charge in [0, 0.05) is 13.0 Å². The normalized spacial score (nSPS) is 23.5. The summed E-state index contributed by atoms with van der Waals surface area (Å²) in [7, 11) is 0. The van der Waals surface area contributed by atoms with Gasteiger partial charge in [-0.15, -0.1) is 0 Å². The molecule has 5 heteroatoms. The van der Waals surface area contributed by atoms with Crippen molar-refractivity contribution in [1.82, 2.24) is 0 Å². The minimum atomic E-state index is -0.00245. The number of nitrogens with one attached hydrogen (secondary N) is 1. The fourth-order valence-electron chi connectivity index (χ4n) is 2.42. The highest BCUT2D eigenvalue weighted by atomic mass is 35.5. The summed E-state index contributed by atoms with van der Waals surface area (Å²) >= 11 is 6.14. The third-order valence-electron chi connectivity index (χ3n) is 3.21. The molecule has 0 radical (unpaired) electrons. The number of ether oxygens (including phenoxy) is 1. The number of amides is 1. The second-order valence-electron chi connectivity index (χ2n) is 4.31. The van der Waals surface area contributed by atoms with E-state index in [9.17, 15) is 4.79 Å². The Hall–Kier alpha value is -1.26. The number of carbonyl (C=O) groups is 1. The first-order chi connectivity index (χ1) is 8.25. The lowest BCUT2D eigenvalue weighted by atomic mass is 10.1. The Kier molecular flexibility index (Phi) is 2.68. The summed E-state index contributed by atoms with van der Waals surface area (Å²) in [6.07, 6.45) is 0.449. The monoisotopic (exact) mass is 252 g/mol. The molecular formula is C12H13ClN2O2. The lowest BCUT2D eigenvalue weighted by Gasteiger charge is -2.36. The van der Waals surface area contributed by atoms with Crippen LogP contribution in [0.1, 0.15) is 6.42 Å². The Morgan fingerprint density at radius 2 is 2.35 bits per heavy atom. The van der Waals surface area contributed by atoms with Crippen LogP contribution in [-0.2, 0) is 9.53 Å². The van der Waals surface area contributed by atoms with Gasteiger partial charge in [0.1, 0.15) is 0 Å². The van der Waals surface area contributed by atoms with Crippen molar-refractivity contribution in [3.05, 3.63) is 23.2 Å². The van der Waals surface area contributed by atoms with Crippen molar-refractivity contribution in [1.29, 1.82) is 0 Å². The van der Waals surface area contributed by atoms with Crippen LogP contribution in [-0.4, -0.2) is 31.7 Å². The Morgan fingerprint density at radius 3 is 3.24 bits per heavy atom. The molecule has 1 aromatic rings. The molecule has 1 fully saturated rings. The zero-order valence-electron chi connectivity index (χ0n) is 9.28. The number of anilines is 2. The molecule has 0 aromatic heterocycles. The van der Waals surface area contributed by atoms with Crippen LogP contribution in [0, 0.1) is 0 Å². The SMILES string of the molecule is O=C1CC2COCCN2c2cccc(Cl)c2N1. The average molecular weight is 253 g/mol. The van der Waals surface area contributed by atoms with Crippen LogP contribution >= 0.6 is 11.6 Å². The molecule has 0 aliphatic carbocycles. The molecule has 90 valence electrons. The fourth-order valence-corrected chi connectivity index (χ4v) is 2.64. The average Bonchev–Trinajstić information content (AvgIpc) is 2.46. The maximum absolute atomic E-state index is 11.8. The van der Waals surface area contributed by atoms with Gasteiger partial charge in [-0.3, -0.25) is 4.79 Å². The molecule has 2 aliphatic heterocycles. The molecule has 1 aromatic carbocycles. The highest BCUT2D eigenvalue weighted by molar-refractivity contribution is 6.34. The fraction of sp³-hybridized carbons (Fsp3) is 0.417. The topological polar surface area (TPSA) is 41.6 Å². The molecule has 0 saturated carbocycles. The smallest absolute Gasteiger partial charge is 0.226 e. The summed E-state index contributed by atoms with van der Waals surface area (Å²) in [4.78, 5) is 14.0. The molecule has 2 aliphatic rings. The lowest BCUT2D eigenvalue weighted by Crippen LogP contribution is -2.45. The lowest BCUT2D eigenvalue weighted by molar-refractivity contribution is -0.116. The van der Waals surface area contributed by atoms with E-state index in [1.165, 1.54) is 0 Å². The Morgan fingerprint density at radius 1 is 1.47 bits per heavy atom. The van der Waals surface area contributed by atoms with E-state index in [-0.39, 0.29) is 11.9 Å². The number of carbonyl (C=O) groups excluding carboxylic acids is 1. The van der Waals surface area contributed by atoms with Gasteiger partial charge in [0.25, 0.3) is 0 Å². The van der Waals surface area contributed by atoms with Gasteiger partial charge in [0.05, 0.1) is 35.7 Å². The number of benzene rings is 1. The summed E-state index contributed by atoms with van der Waals surface area (Å²) in [5.74, 6) is -0.00245. The van der Waals surface area contributed by atoms with Gasteiger partial charge in [-0.05, 0) is 12.1 Å². The third kappa shape index (κ3) is 1.87.